The molecule has 2 N–H and O–H groups in total. The molecular formula is C19H26N2O3. The van der Waals surface area contributed by atoms with Gasteiger partial charge in [0.05, 0.1) is 18.0 Å². The zero-order valence-corrected chi connectivity index (χ0v) is 15.3. The van der Waals surface area contributed by atoms with Crippen LogP contribution in [0.4, 0.5) is 0 Å². The van der Waals surface area contributed by atoms with Gasteiger partial charge in [0.25, 0.3) is 0 Å². The van der Waals surface area contributed by atoms with Crippen molar-refractivity contribution in [2.75, 3.05) is 6.61 Å². The minimum Gasteiger partial charge on any atom is -0.461 e. The molecule has 0 aromatic carbocycles. The summed E-state index contributed by atoms with van der Waals surface area (Å²) < 4.78 is 5.08. The molecule has 0 spiro atoms. The standard InChI is InChI=1S/C19H26N2O3/c1-7-13-10(4)15(20-12(13)6)18(22)17-14(8-2)11(5)16(21-17)19(23)24-9-3/h20-21H,7-9H2,1-6H3. The lowest BCUT2D eigenvalue weighted by molar-refractivity contribution is 0.0519. The molecule has 0 amide bonds. The van der Waals surface area contributed by atoms with Gasteiger partial charge in [0.1, 0.15) is 5.69 Å². The average Bonchev–Trinajstić information content (AvgIpc) is 3.03. The fraction of sp³-hybridized carbons (Fsp3) is 0.474. The summed E-state index contributed by atoms with van der Waals surface area (Å²) >= 11 is 0. The maximum Gasteiger partial charge on any atom is 0.355 e. The van der Waals surface area contributed by atoms with Crippen LogP contribution in [-0.2, 0) is 17.6 Å². The van der Waals surface area contributed by atoms with Crippen LogP contribution in [0.1, 0.15) is 75.4 Å². The Balaban J connectivity index is 2.54. The van der Waals surface area contributed by atoms with E-state index >= 15 is 0 Å². The van der Waals surface area contributed by atoms with E-state index in [0.717, 1.165) is 28.8 Å². The number of ether oxygens (including phenoxy) is 1. The van der Waals surface area contributed by atoms with Gasteiger partial charge in [-0.15, -0.1) is 0 Å². The Kier molecular flexibility index (Phi) is 5.32. The van der Waals surface area contributed by atoms with Gasteiger partial charge in [-0.05, 0) is 62.8 Å². The second-order valence-corrected chi connectivity index (χ2v) is 5.96. The Labute approximate surface area is 142 Å². The van der Waals surface area contributed by atoms with Crippen LogP contribution in [0.15, 0.2) is 0 Å². The number of nitrogens with one attached hydrogen (secondary N) is 2. The van der Waals surface area contributed by atoms with Crippen molar-refractivity contribution in [3.63, 3.8) is 0 Å². The predicted molar refractivity (Wildman–Crippen MR) is 93.9 cm³/mol. The van der Waals surface area contributed by atoms with Crippen molar-refractivity contribution in [2.24, 2.45) is 0 Å². The van der Waals surface area contributed by atoms with E-state index in [1.165, 1.54) is 5.56 Å². The molecule has 2 heterocycles. The van der Waals surface area contributed by atoms with Gasteiger partial charge in [-0.25, -0.2) is 4.79 Å². The third-order valence-corrected chi connectivity index (χ3v) is 4.61. The van der Waals surface area contributed by atoms with Crippen LogP contribution in [0.3, 0.4) is 0 Å². The van der Waals surface area contributed by atoms with E-state index < -0.39 is 5.97 Å². The Bertz CT molecular complexity index is 781. The number of hydrogen-bond donors (Lipinski definition) is 2. The topological polar surface area (TPSA) is 75.0 Å². The average molecular weight is 330 g/mol. The minimum absolute atomic E-state index is 0.106. The molecule has 130 valence electrons. The van der Waals surface area contributed by atoms with Gasteiger partial charge < -0.3 is 14.7 Å². The number of esters is 1. The van der Waals surface area contributed by atoms with Crippen LogP contribution in [0.25, 0.3) is 0 Å². The summed E-state index contributed by atoms with van der Waals surface area (Å²) in [6.07, 6.45) is 1.54. The third kappa shape index (κ3) is 2.90. The van der Waals surface area contributed by atoms with Crippen LogP contribution in [0.5, 0.6) is 0 Å². The highest BCUT2D eigenvalue weighted by Crippen LogP contribution is 2.26. The smallest absolute Gasteiger partial charge is 0.355 e. The number of hydrogen-bond acceptors (Lipinski definition) is 3. The van der Waals surface area contributed by atoms with E-state index in [1.807, 2.05) is 27.7 Å². The summed E-state index contributed by atoms with van der Waals surface area (Å²) in [5.74, 6) is -0.525. The van der Waals surface area contributed by atoms with E-state index in [2.05, 4.69) is 16.9 Å². The first kappa shape index (κ1) is 18.0. The molecule has 2 aromatic rings. The van der Waals surface area contributed by atoms with Crippen molar-refractivity contribution in [1.82, 2.24) is 9.97 Å². The lowest BCUT2D eigenvalue weighted by Crippen LogP contribution is -2.09. The fourth-order valence-corrected chi connectivity index (χ4v) is 3.35. The third-order valence-electron chi connectivity index (χ3n) is 4.61. The first-order valence-corrected chi connectivity index (χ1v) is 8.48. The zero-order valence-electron chi connectivity index (χ0n) is 15.3. The first-order chi connectivity index (χ1) is 11.4. The summed E-state index contributed by atoms with van der Waals surface area (Å²) in [6.45, 7) is 11.9. The van der Waals surface area contributed by atoms with Crippen LogP contribution in [0, 0.1) is 20.8 Å². The Morgan fingerprint density at radius 1 is 0.833 bits per heavy atom. The molecule has 0 aliphatic heterocycles. The van der Waals surface area contributed by atoms with Crippen molar-refractivity contribution < 1.29 is 14.3 Å². The monoisotopic (exact) mass is 330 g/mol. The van der Waals surface area contributed by atoms with Gasteiger partial charge in [-0.3, -0.25) is 4.79 Å². The first-order valence-electron chi connectivity index (χ1n) is 8.48. The summed E-state index contributed by atoms with van der Waals surface area (Å²) in [4.78, 5) is 31.4. The minimum atomic E-state index is -0.419. The van der Waals surface area contributed by atoms with Crippen LogP contribution in [-0.4, -0.2) is 28.3 Å². The maximum atomic E-state index is 13.1. The number of carbonyl (C=O) groups excluding carboxylic acids is 2. The van der Waals surface area contributed by atoms with Crippen molar-refractivity contribution in [3.05, 3.63) is 45.0 Å². The van der Waals surface area contributed by atoms with Crippen LogP contribution in [0.2, 0.25) is 0 Å². The summed E-state index contributed by atoms with van der Waals surface area (Å²) in [5.41, 5.74) is 6.26. The van der Waals surface area contributed by atoms with Crippen LogP contribution < -0.4 is 0 Å². The fourth-order valence-electron chi connectivity index (χ4n) is 3.35. The molecule has 2 aromatic heterocycles. The number of aromatic nitrogens is 2. The van der Waals surface area contributed by atoms with Crippen molar-refractivity contribution in [2.45, 2.75) is 54.4 Å². The summed E-state index contributed by atoms with van der Waals surface area (Å²) in [7, 11) is 0. The van der Waals surface area contributed by atoms with Crippen molar-refractivity contribution in [3.8, 4) is 0 Å². The number of rotatable bonds is 6. The quantitative estimate of drug-likeness (QED) is 0.625. The molecule has 0 saturated heterocycles. The van der Waals surface area contributed by atoms with Gasteiger partial charge in [0.15, 0.2) is 0 Å². The molecule has 0 bridgehead atoms. The van der Waals surface area contributed by atoms with Gasteiger partial charge in [-0.2, -0.15) is 0 Å². The molecule has 0 radical (unpaired) electrons. The number of ketones is 1. The van der Waals surface area contributed by atoms with E-state index in [4.69, 9.17) is 4.74 Å². The maximum absolute atomic E-state index is 13.1. The number of aromatic amines is 2. The predicted octanol–water partition coefficient (Wildman–Crippen LogP) is 3.80. The van der Waals surface area contributed by atoms with Crippen molar-refractivity contribution >= 4 is 11.8 Å². The van der Waals surface area contributed by atoms with Crippen molar-refractivity contribution in [1.29, 1.82) is 0 Å². The largest absolute Gasteiger partial charge is 0.461 e. The number of aryl methyl sites for hydroxylation is 1. The Morgan fingerprint density at radius 2 is 1.42 bits per heavy atom. The van der Waals surface area contributed by atoms with E-state index in [1.54, 1.807) is 6.92 Å². The Hall–Kier alpha value is -2.30. The molecule has 0 unspecified atom stereocenters. The zero-order chi connectivity index (χ0) is 18.0. The highest BCUT2D eigenvalue weighted by Gasteiger charge is 2.26. The normalized spacial score (nSPS) is 10.9. The van der Waals surface area contributed by atoms with Gasteiger partial charge in [-0.1, -0.05) is 13.8 Å². The second-order valence-electron chi connectivity index (χ2n) is 5.96. The number of H-pyrrole nitrogens is 2. The molecule has 0 aliphatic carbocycles. The molecule has 24 heavy (non-hydrogen) atoms. The molecule has 0 fully saturated rings. The van der Waals surface area contributed by atoms with Gasteiger partial charge in [0.2, 0.25) is 5.78 Å². The molecule has 0 aliphatic rings. The van der Waals surface area contributed by atoms with Gasteiger partial charge >= 0.3 is 5.97 Å². The number of carbonyl (C=O) groups is 2. The highest BCUT2D eigenvalue weighted by molar-refractivity contribution is 6.10. The molecule has 0 atom stereocenters. The molecule has 2 rings (SSSR count). The second kappa shape index (κ2) is 7.07. The highest BCUT2D eigenvalue weighted by atomic mass is 16.5. The van der Waals surface area contributed by atoms with E-state index in [-0.39, 0.29) is 5.78 Å². The summed E-state index contributed by atoms with van der Waals surface area (Å²) in [5, 5.41) is 0. The lowest BCUT2D eigenvalue weighted by atomic mass is 10.0. The Morgan fingerprint density at radius 3 is 1.92 bits per heavy atom. The summed E-state index contributed by atoms with van der Waals surface area (Å²) in [6, 6.07) is 0. The van der Waals surface area contributed by atoms with E-state index in [0.29, 0.717) is 30.1 Å². The molecule has 5 nitrogen and oxygen atoms in total. The SMILES string of the molecule is CCOC(=O)c1[nH]c(C(=O)c2[nH]c(C)c(CC)c2C)c(CC)c1C. The van der Waals surface area contributed by atoms with Gasteiger partial charge in [0, 0.05) is 5.69 Å². The molecule has 5 heteroatoms. The molecular weight excluding hydrogens is 304 g/mol. The van der Waals surface area contributed by atoms with Crippen LogP contribution >= 0.6 is 0 Å². The molecule has 0 saturated carbocycles. The lowest BCUT2D eigenvalue weighted by Gasteiger charge is -2.03. The van der Waals surface area contributed by atoms with E-state index in [9.17, 15) is 9.59 Å².